The van der Waals surface area contributed by atoms with Crippen molar-refractivity contribution in [2.45, 2.75) is 72.1 Å². The highest BCUT2D eigenvalue weighted by Gasteiger charge is 2.30. The number of hydrogen-bond acceptors (Lipinski definition) is 7. The average molecular weight is 647 g/mol. The summed E-state index contributed by atoms with van der Waals surface area (Å²) in [6.07, 6.45) is 0.757. The normalized spacial score (nSPS) is 14.0. The van der Waals surface area contributed by atoms with E-state index in [0.29, 0.717) is 48.1 Å². The Balaban J connectivity index is 1.65. The minimum atomic E-state index is -0.921. The average Bonchev–Trinajstić information content (AvgIpc) is 3.00. The van der Waals surface area contributed by atoms with Crippen LogP contribution in [0, 0.1) is 18.6 Å². The van der Waals surface area contributed by atoms with Gasteiger partial charge in [-0.15, -0.1) is 0 Å². The highest BCUT2D eigenvalue weighted by molar-refractivity contribution is 5.98. The number of carbonyl (C=O) groups is 2. The van der Waals surface area contributed by atoms with Crippen molar-refractivity contribution in [1.82, 2.24) is 24.8 Å². The maximum Gasteiger partial charge on any atom is 0.410 e. The molecule has 0 radical (unpaired) electrons. The third-order valence-electron chi connectivity index (χ3n) is 8.05. The van der Waals surface area contributed by atoms with Gasteiger partial charge >= 0.3 is 6.09 Å². The van der Waals surface area contributed by atoms with Crippen molar-refractivity contribution in [2.24, 2.45) is 0 Å². The van der Waals surface area contributed by atoms with Crippen LogP contribution in [0.25, 0.3) is 28.0 Å². The lowest BCUT2D eigenvalue weighted by Gasteiger charge is -2.37. The van der Waals surface area contributed by atoms with Crippen molar-refractivity contribution in [3.8, 4) is 16.9 Å². The van der Waals surface area contributed by atoms with Crippen LogP contribution >= 0.6 is 0 Å². The van der Waals surface area contributed by atoms with Crippen LogP contribution in [0.4, 0.5) is 19.5 Å². The van der Waals surface area contributed by atoms with Crippen LogP contribution < -0.4 is 15.8 Å². The Labute approximate surface area is 272 Å². The van der Waals surface area contributed by atoms with Gasteiger partial charge in [0.05, 0.1) is 5.69 Å². The number of hydrogen-bond donors (Lipinski definition) is 1. The van der Waals surface area contributed by atoms with Crippen molar-refractivity contribution in [3.63, 3.8) is 0 Å². The maximum atomic E-state index is 15.2. The molecule has 2 amide bonds. The molecule has 10 nitrogen and oxygen atoms in total. The van der Waals surface area contributed by atoms with Crippen molar-refractivity contribution in [1.29, 1.82) is 0 Å². The topological polar surface area (TPSA) is 110 Å². The molecule has 0 atom stereocenters. The van der Waals surface area contributed by atoms with Crippen molar-refractivity contribution in [2.75, 3.05) is 25.0 Å². The molecule has 47 heavy (non-hydrogen) atoms. The third kappa shape index (κ3) is 7.11. The van der Waals surface area contributed by atoms with Gasteiger partial charge in [0.1, 0.15) is 22.9 Å². The summed E-state index contributed by atoms with van der Waals surface area (Å²) in [6, 6.07) is 11.2. The Morgan fingerprint density at radius 3 is 2.30 bits per heavy atom. The first-order chi connectivity index (χ1) is 22.1. The number of rotatable bonds is 6. The van der Waals surface area contributed by atoms with E-state index in [1.54, 1.807) is 24.1 Å². The molecule has 1 aliphatic heterocycles. The van der Waals surface area contributed by atoms with E-state index >= 15 is 8.78 Å². The van der Waals surface area contributed by atoms with Crippen LogP contribution in [0.1, 0.15) is 63.4 Å². The van der Waals surface area contributed by atoms with E-state index in [4.69, 9.17) is 14.7 Å². The zero-order valence-electron chi connectivity index (χ0n) is 27.7. The van der Waals surface area contributed by atoms with Gasteiger partial charge in [-0.3, -0.25) is 14.2 Å². The second-order valence-electron chi connectivity index (χ2n) is 13.2. The predicted molar refractivity (Wildman–Crippen MR) is 177 cm³/mol. The summed E-state index contributed by atoms with van der Waals surface area (Å²) in [7, 11) is 1.71. The molecule has 1 aliphatic rings. The van der Waals surface area contributed by atoms with Crippen LogP contribution in [0.15, 0.2) is 53.3 Å². The summed E-state index contributed by atoms with van der Waals surface area (Å²) >= 11 is 0. The van der Waals surface area contributed by atoms with Gasteiger partial charge in [0.25, 0.3) is 11.5 Å². The van der Waals surface area contributed by atoms with E-state index in [0.717, 1.165) is 22.3 Å². The summed E-state index contributed by atoms with van der Waals surface area (Å²) in [5.41, 5.74) is 0.395. The minimum Gasteiger partial charge on any atom is -0.444 e. The summed E-state index contributed by atoms with van der Waals surface area (Å²) in [5, 5.41) is 3.27. The van der Waals surface area contributed by atoms with Gasteiger partial charge in [0.15, 0.2) is 5.65 Å². The molecule has 0 spiro atoms. The second kappa shape index (κ2) is 13.1. The molecule has 0 saturated carbocycles. The number of amides is 2. The van der Waals surface area contributed by atoms with Gasteiger partial charge in [0, 0.05) is 54.8 Å². The van der Waals surface area contributed by atoms with Gasteiger partial charge in [0.2, 0.25) is 5.95 Å². The van der Waals surface area contributed by atoms with E-state index in [1.165, 1.54) is 18.2 Å². The number of anilines is 1. The zero-order valence-corrected chi connectivity index (χ0v) is 27.7. The molecule has 4 aromatic rings. The molecule has 2 aromatic carbocycles. The first kappa shape index (κ1) is 33.5. The third-order valence-corrected chi connectivity index (χ3v) is 8.05. The standard InChI is InChI=1S/C35H40F2N6O4/c1-20(2)38-32(45)22-12-11-21(3)25(19-22)29-24-13-14-28(44)43(30-26(36)9-8-10-27(30)37)31(24)40-33(39-29)42-17-15-23(16-18-42)41(7)34(46)47-35(4,5)6/h8-14,19-20,23H,15-18H2,1-7H3,(H,38,45). The number of aromatic nitrogens is 3. The number of ether oxygens (including phenoxy) is 1. The van der Waals surface area contributed by atoms with Gasteiger partial charge < -0.3 is 19.9 Å². The van der Waals surface area contributed by atoms with E-state index in [1.807, 2.05) is 52.5 Å². The van der Waals surface area contributed by atoms with Crippen molar-refractivity contribution < 1.29 is 23.1 Å². The van der Waals surface area contributed by atoms with E-state index in [2.05, 4.69) is 5.32 Å². The van der Waals surface area contributed by atoms with Gasteiger partial charge in [-0.05, 0) is 90.3 Å². The molecular formula is C35H40F2N6O4. The van der Waals surface area contributed by atoms with Crippen LogP contribution in [0.3, 0.4) is 0 Å². The largest absolute Gasteiger partial charge is 0.444 e. The van der Waals surface area contributed by atoms with Crippen LogP contribution in [0.5, 0.6) is 0 Å². The number of fused-ring (bicyclic) bond motifs is 1. The Bertz CT molecular complexity index is 1870. The summed E-state index contributed by atoms with van der Waals surface area (Å²) < 4.78 is 36.8. The Hall–Kier alpha value is -4.87. The van der Waals surface area contributed by atoms with E-state index in [-0.39, 0.29) is 29.6 Å². The fourth-order valence-corrected chi connectivity index (χ4v) is 5.67. The number of pyridine rings is 1. The Morgan fingerprint density at radius 1 is 1.02 bits per heavy atom. The number of halogens is 2. The number of piperidine rings is 1. The fraction of sp³-hybridized carbons (Fsp3) is 0.400. The number of nitrogens with one attached hydrogen (secondary N) is 1. The summed E-state index contributed by atoms with van der Waals surface area (Å²) in [5.74, 6) is -1.86. The number of nitrogens with zero attached hydrogens (tertiary/aromatic N) is 5. The van der Waals surface area contributed by atoms with Crippen LogP contribution in [0.2, 0.25) is 0 Å². The van der Waals surface area contributed by atoms with Crippen LogP contribution in [-0.2, 0) is 4.74 Å². The second-order valence-corrected chi connectivity index (χ2v) is 13.2. The SMILES string of the molecule is Cc1ccc(C(=O)NC(C)C)cc1-c1nc(N2CCC(N(C)C(=O)OC(C)(C)C)CC2)nc2c1ccc(=O)n2-c1c(F)cccc1F. The molecule has 1 saturated heterocycles. The molecule has 3 heterocycles. The minimum absolute atomic E-state index is 0.0194. The lowest BCUT2D eigenvalue weighted by molar-refractivity contribution is 0.0200. The predicted octanol–water partition coefficient (Wildman–Crippen LogP) is 6.01. The van der Waals surface area contributed by atoms with Crippen molar-refractivity contribution >= 4 is 29.0 Å². The molecule has 12 heteroatoms. The monoisotopic (exact) mass is 646 g/mol. The molecular weight excluding hydrogens is 606 g/mol. The number of para-hydroxylation sites is 1. The molecule has 0 aliphatic carbocycles. The molecule has 1 fully saturated rings. The lowest BCUT2D eigenvalue weighted by atomic mass is 9.99. The number of aryl methyl sites for hydroxylation is 1. The Kier molecular flexibility index (Phi) is 9.33. The lowest BCUT2D eigenvalue weighted by Crippen LogP contribution is -2.47. The Morgan fingerprint density at radius 2 is 1.68 bits per heavy atom. The van der Waals surface area contributed by atoms with Crippen molar-refractivity contribution in [3.05, 3.63) is 81.6 Å². The first-order valence-electron chi connectivity index (χ1n) is 15.7. The summed E-state index contributed by atoms with van der Waals surface area (Å²) in [6.45, 7) is 12.0. The maximum absolute atomic E-state index is 15.2. The van der Waals surface area contributed by atoms with E-state index in [9.17, 15) is 14.4 Å². The van der Waals surface area contributed by atoms with Gasteiger partial charge in [-0.1, -0.05) is 12.1 Å². The quantitative estimate of drug-likeness (QED) is 0.273. The molecule has 0 bridgehead atoms. The fourth-order valence-electron chi connectivity index (χ4n) is 5.67. The molecule has 2 aromatic heterocycles. The summed E-state index contributed by atoms with van der Waals surface area (Å²) in [4.78, 5) is 52.3. The number of carbonyl (C=O) groups excluding carboxylic acids is 2. The number of benzene rings is 2. The smallest absolute Gasteiger partial charge is 0.410 e. The van der Waals surface area contributed by atoms with Crippen LogP contribution in [-0.4, -0.2) is 69.3 Å². The highest BCUT2D eigenvalue weighted by Crippen LogP contribution is 2.33. The highest BCUT2D eigenvalue weighted by atomic mass is 19.1. The molecule has 5 rings (SSSR count). The zero-order chi connectivity index (χ0) is 34.2. The molecule has 1 N–H and O–H groups in total. The molecule has 248 valence electrons. The first-order valence-corrected chi connectivity index (χ1v) is 15.7. The van der Waals surface area contributed by atoms with Gasteiger partial charge in [-0.2, -0.15) is 4.98 Å². The molecule has 0 unspecified atom stereocenters. The van der Waals surface area contributed by atoms with Gasteiger partial charge in [-0.25, -0.2) is 18.6 Å². The van der Waals surface area contributed by atoms with E-state index < -0.39 is 34.6 Å².